The van der Waals surface area contributed by atoms with Gasteiger partial charge in [-0.05, 0) is 102 Å². The zero-order valence-electron chi connectivity index (χ0n) is 33.7. The van der Waals surface area contributed by atoms with Crippen molar-refractivity contribution in [3.8, 4) is 17.0 Å². The number of anilines is 1. The van der Waals surface area contributed by atoms with Crippen LogP contribution in [0.2, 0.25) is 0 Å². The molecule has 1 atom stereocenters. The van der Waals surface area contributed by atoms with Gasteiger partial charge in [0.2, 0.25) is 5.91 Å². The highest BCUT2D eigenvalue weighted by molar-refractivity contribution is 6.08. The lowest BCUT2D eigenvalue weighted by atomic mass is 9.89. The molecule has 4 heterocycles. The molecule has 5 aromatic rings. The van der Waals surface area contributed by atoms with E-state index in [4.69, 9.17) is 4.74 Å². The van der Waals surface area contributed by atoms with Crippen LogP contribution in [0.3, 0.4) is 0 Å². The molecular formula is C47H49N5O7. The number of ether oxygens (including phenoxy) is 1. The van der Waals surface area contributed by atoms with Gasteiger partial charge in [-0.1, -0.05) is 36.4 Å². The number of nitrogens with zero attached hydrogens (tertiary/aromatic N) is 5. The number of rotatable bonds is 9. The van der Waals surface area contributed by atoms with Crippen LogP contribution >= 0.6 is 0 Å². The predicted octanol–water partition coefficient (Wildman–Crippen LogP) is 5.71. The highest BCUT2D eigenvalue weighted by Gasteiger charge is 2.35. The zero-order valence-corrected chi connectivity index (χ0v) is 33.7. The Hall–Kier alpha value is -6.24. The van der Waals surface area contributed by atoms with Gasteiger partial charge >= 0.3 is 5.97 Å². The molecule has 8 rings (SSSR count). The number of phenolic OH excluding ortho intramolecular Hbond substituents is 1. The van der Waals surface area contributed by atoms with Crippen molar-refractivity contribution in [3.05, 3.63) is 141 Å². The fourth-order valence-corrected chi connectivity index (χ4v) is 8.64. The van der Waals surface area contributed by atoms with Crippen LogP contribution in [0.25, 0.3) is 11.3 Å². The average Bonchev–Trinajstić information content (AvgIpc) is 3.55. The summed E-state index contributed by atoms with van der Waals surface area (Å²) in [5.41, 5.74) is 9.05. The van der Waals surface area contributed by atoms with Gasteiger partial charge in [-0.3, -0.25) is 19.3 Å². The molecule has 3 aliphatic rings. The molecule has 12 heteroatoms. The fraction of sp³-hybridized carbons (Fsp3) is 0.319. The molecule has 4 aromatic carbocycles. The lowest BCUT2D eigenvalue weighted by Gasteiger charge is -2.41. The smallest absolute Gasteiger partial charge is 0.335 e. The van der Waals surface area contributed by atoms with Crippen LogP contribution in [-0.4, -0.2) is 106 Å². The minimum atomic E-state index is -1.02. The molecule has 1 fully saturated rings. The number of aromatic carboxylic acids is 1. The van der Waals surface area contributed by atoms with E-state index in [0.29, 0.717) is 62.6 Å². The molecule has 12 nitrogen and oxygen atoms in total. The van der Waals surface area contributed by atoms with Gasteiger partial charge in [-0.2, -0.15) is 0 Å². The van der Waals surface area contributed by atoms with Gasteiger partial charge in [0.05, 0.1) is 30.8 Å². The van der Waals surface area contributed by atoms with Gasteiger partial charge in [0.15, 0.2) is 0 Å². The summed E-state index contributed by atoms with van der Waals surface area (Å²) in [4.78, 5) is 62.3. The maximum absolute atomic E-state index is 15.4. The number of fused-ring (bicyclic) bond motifs is 2. The van der Waals surface area contributed by atoms with Crippen molar-refractivity contribution in [1.29, 1.82) is 0 Å². The van der Waals surface area contributed by atoms with E-state index in [1.54, 1.807) is 48.3 Å². The second-order valence-electron chi connectivity index (χ2n) is 15.9. The first kappa shape index (κ1) is 39.6. The van der Waals surface area contributed by atoms with E-state index < -0.39 is 5.97 Å². The second kappa shape index (κ2) is 16.6. The molecule has 304 valence electrons. The molecule has 0 saturated carbocycles. The Morgan fingerprint density at radius 2 is 1.53 bits per heavy atom. The Balaban J connectivity index is 1.17. The molecule has 3 aliphatic heterocycles. The average molecular weight is 796 g/mol. The summed E-state index contributed by atoms with van der Waals surface area (Å²) >= 11 is 0. The van der Waals surface area contributed by atoms with E-state index >= 15 is 4.79 Å². The molecule has 1 saturated heterocycles. The molecule has 0 spiro atoms. The molecule has 0 unspecified atom stereocenters. The number of carboxylic acid groups (broad SMARTS) is 1. The maximum Gasteiger partial charge on any atom is 0.335 e. The Morgan fingerprint density at radius 1 is 0.814 bits per heavy atom. The Kier molecular flexibility index (Phi) is 11.1. The summed E-state index contributed by atoms with van der Waals surface area (Å²) in [5, 5.41) is 19.2. The summed E-state index contributed by atoms with van der Waals surface area (Å²) < 4.78 is 7.63. The van der Waals surface area contributed by atoms with Gasteiger partial charge in [-0.15, -0.1) is 0 Å². The molecule has 0 bridgehead atoms. The van der Waals surface area contributed by atoms with Crippen molar-refractivity contribution >= 4 is 29.4 Å². The van der Waals surface area contributed by atoms with E-state index in [0.717, 1.165) is 58.7 Å². The van der Waals surface area contributed by atoms with Crippen LogP contribution in [0, 0.1) is 6.92 Å². The first-order chi connectivity index (χ1) is 28.4. The number of carboxylic acids is 1. The quantitative estimate of drug-likeness (QED) is 0.194. The largest absolute Gasteiger partial charge is 0.508 e. The maximum atomic E-state index is 15.4. The summed E-state index contributed by atoms with van der Waals surface area (Å²) in [6.45, 7) is 6.81. The number of aromatic hydroxyl groups is 1. The molecule has 0 radical (unpaired) electrons. The van der Waals surface area contributed by atoms with E-state index in [2.05, 4.69) is 29.2 Å². The summed E-state index contributed by atoms with van der Waals surface area (Å²) in [5.74, 6) is -1.30. The van der Waals surface area contributed by atoms with E-state index in [1.807, 2.05) is 46.5 Å². The lowest BCUT2D eigenvalue weighted by molar-refractivity contribution is -0.131. The highest BCUT2D eigenvalue weighted by Crippen LogP contribution is 2.36. The molecule has 1 aromatic heterocycles. The second-order valence-corrected chi connectivity index (χ2v) is 15.9. The normalized spacial score (nSPS) is 16.6. The standard InChI is InChI=1S/C47H49N5O7/c1-30-40(45(55)49(3)37-12-14-39(53)15-13-37)26-43(48(30)2)41-24-34-16-17-51(44(54)22-31-8-10-32(11-9-31)47(57)58)27-36(34)25-42(41)46(56)52-28-35-7-5-4-6-33(35)23-38(52)29-50-18-20-59-21-19-50/h4-15,24-26,38,53H,16-23,27-29H2,1-3H3,(H,57,58)/t38-/m0/s1. The van der Waals surface area contributed by atoms with Crippen molar-refractivity contribution < 1.29 is 34.1 Å². The van der Waals surface area contributed by atoms with Crippen molar-refractivity contribution in [3.63, 3.8) is 0 Å². The van der Waals surface area contributed by atoms with Crippen LogP contribution < -0.4 is 4.90 Å². The Bertz CT molecular complexity index is 2420. The van der Waals surface area contributed by atoms with Gasteiger partial charge in [0.1, 0.15) is 5.75 Å². The summed E-state index contributed by atoms with van der Waals surface area (Å²) in [6.07, 6.45) is 1.43. The topological polar surface area (TPSA) is 136 Å². The third-order valence-electron chi connectivity index (χ3n) is 12.3. The first-order valence-electron chi connectivity index (χ1n) is 20.1. The van der Waals surface area contributed by atoms with Crippen molar-refractivity contribution in [1.82, 2.24) is 19.3 Å². The minimum absolute atomic E-state index is 0.0761. The third-order valence-corrected chi connectivity index (χ3v) is 12.3. The SMILES string of the molecule is Cc1c(C(=O)N(C)c2ccc(O)cc2)cc(-c2cc3c(cc2C(=O)N2Cc4ccccc4C[C@H]2CN2CCOCC2)CN(C(=O)Cc2ccc(C(=O)O)cc2)CC3)n1C. The van der Waals surface area contributed by atoms with Crippen molar-refractivity contribution in [2.45, 2.75) is 45.3 Å². The van der Waals surface area contributed by atoms with Crippen LogP contribution in [0.1, 0.15) is 64.6 Å². The highest BCUT2D eigenvalue weighted by atomic mass is 16.5. The number of carbonyl (C=O) groups is 4. The number of aromatic nitrogens is 1. The Labute approximate surface area is 343 Å². The monoisotopic (exact) mass is 795 g/mol. The van der Waals surface area contributed by atoms with Gasteiger partial charge < -0.3 is 34.2 Å². The van der Waals surface area contributed by atoms with Crippen LogP contribution in [0.5, 0.6) is 5.75 Å². The molecule has 2 N–H and O–H groups in total. The molecule has 3 amide bonds. The minimum Gasteiger partial charge on any atom is -0.508 e. The first-order valence-corrected chi connectivity index (χ1v) is 20.1. The number of amides is 3. The number of phenols is 1. The number of hydrogen-bond acceptors (Lipinski definition) is 7. The Morgan fingerprint density at radius 3 is 2.24 bits per heavy atom. The number of carbonyl (C=O) groups excluding carboxylic acids is 3. The van der Waals surface area contributed by atoms with Gasteiger partial charge in [-0.25, -0.2) is 4.79 Å². The molecule has 0 aliphatic carbocycles. The van der Waals surface area contributed by atoms with Crippen molar-refractivity contribution in [2.24, 2.45) is 7.05 Å². The van der Waals surface area contributed by atoms with Gasteiger partial charge in [0.25, 0.3) is 11.8 Å². The van der Waals surface area contributed by atoms with E-state index in [-0.39, 0.29) is 41.5 Å². The van der Waals surface area contributed by atoms with E-state index in [1.165, 1.54) is 17.7 Å². The number of morpholine rings is 1. The lowest BCUT2D eigenvalue weighted by Crippen LogP contribution is -2.52. The van der Waals surface area contributed by atoms with Crippen LogP contribution in [0.4, 0.5) is 5.69 Å². The number of benzene rings is 4. The number of hydrogen-bond donors (Lipinski definition) is 2. The van der Waals surface area contributed by atoms with Gasteiger partial charge in [0, 0.05) is 87.6 Å². The fourth-order valence-electron chi connectivity index (χ4n) is 8.64. The summed E-state index contributed by atoms with van der Waals surface area (Å²) in [7, 11) is 3.62. The molecule has 59 heavy (non-hydrogen) atoms. The van der Waals surface area contributed by atoms with E-state index in [9.17, 15) is 24.6 Å². The van der Waals surface area contributed by atoms with Crippen molar-refractivity contribution in [2.75, 3.05) is 51.3 Å². The van der Waals surface area contributed by atoms with Crippen LogP contribution in [0.15, 0.2) is 91.0 Å². The third kappa shape index (κ3) is 8.10. The zero-order chi connectivity index (χ0) is 41.4. The summed E-state index contributed by atoms with van der Waals surface area (Å²) in [6, 6.07) is 27.0. The predicted molar refractivity (Wildman–Crippen MR) is 224 cm³/mol. The van der Waals surface area contributed by atoms with Crippen LogP contribution in [-0.2, 0) is 48.9 Å². The molecular weight excluding hydrogens is 747 g/mol.